The summed E-state index contributed by atoms with van der Waals surface area (Å²) in [6.07, 6.45) is 2.87. The number of imidazole rings is 1. The van der Waals surface area contributed by atoms with E-state index < -0.39 is 0 Å². The first-order valence-corrected chi connectivity index (χ1v) is 10.4. The van der Waals surface area contributed by atoms with E-state index in [1.165, 1.54) is 6.92 Å². The number of halogens is 1. The minimum absolute atomic E-state index is 0.0206. The predicted octanol–water partition coefficient (Wildman–Crippen LogP) is 4.42. The molecule has 1 heterocycles. The van der Waals surface area contributed by atoms with Crippen LogP contribution in [0.4, 0.5) is 0 Å². The van der Waals surface area contributed by atoms with E-state index in [1.807, 2.05) is 28.8 Å². The molecule has 30 heavy (non-hydrogen) atoms. The zero-order valence-electron chi connectivity index (χ0n) is 16.7. The summed E-state index contributed by atoms with van der Waals surface area (Å²) in [4.78, 5) is 24.7. The van der Waals surface area contributed by atoms with Crippen LogP contribution in [0.5, 0.6) is 0 Å². The van der Waals surface area contributed by atoms with Crippen LogP contribution in [-0.4, -0.2) is 21.2 Å². The first kappa shape index (κ1) is 20.2. The van der Waals surface area contributed by atoms with E-state index in [0.717, 1.165) is 42.3 Å². The van der Waals surface area contributed by atoms with E-state index in [4.69, 9.17) is 16.3 Å². The highest BCUT2D eigenvalue weighted by Crippen LogP contribution is 2.32. The quantitative estimate of drug-likeness (QED) is 0.582. The number of carbonyl (C=O) groups excluding carboxylic acids is 1. The Morgan fingerprint density at radius 2 is 1.90 bits per heavy atom. The lowest BCUT2D eigenvalue weighted by Gasteiger charge is -2.28. The second-order valence-electron chi connectivity index (χ2n) is 7.69. The number of hydrogen-bond donors (Lipinski definition) is 0. The van der Waals surface area contributed by atoms with Gasteiger partial charge in [-0.15, -0.1) is 0 Å². The van der Waals surface area contributed by atoms with Crippen molar-refractivity contribution in [3.05, 3.63) is 69.1 Å². The van der Waals surface area contributed by atoms with Crippen molar-refractivity contribution in [1.29, 1.82) is 5.26 Å². The van der Waals surface area contributed by atoms with Crippen LogP contribution >= 0.6 is 11.6 Å². The van der Waals surface area contributed by atoms with E-state index in [2.05, 4.69) is 6.07 Å². The average Bonchev–Trinajstić information content (AvgIpc) is 3.00. The third-order valence-electron chi connectivity index (χ3n) is 5.72. The Hall–Kier alpha value is -3.04. The molecule has 154 valence electrons. The topological polar surface area (TPSA) is 77.0 Å². The maximum Gasteiger partial charge on any atom is 0.329 e. The van der Waals surface area contributed by atoms with Crippen molar-refractivity contribution in [3.63, 3.8) is 0 Å². The van der Waals surface area contributed by atoms with Crippen LogP contribution in [0.1, 0.15) is 49.8 Å². The molecule has 2 aromatic carbocycles. The van der Waals surface area contributed by atoms with Gasteiger partial charge in [0.2, 0.25) is 0 Å². The number of fused-ring (bicyclic) bond motifs is 1. The zero-order valence-corrected chi connectivity index (χ0v) is 17.4. The summed E-state index contributed by atoms with van der Waals surface area (Å²) in [6, 6.07) is 15.0. The number of hydrogen-bond acceptors (Lipinski definition) is 4. The van der Waals surface area contributed by atoms with E-state index in [-0.39, 0.29) is 23.8 Å². The average molecular weight is 424 g/mol. The maximum absolute atomic E-state index is 13.5. The molecule has 1 fully saturated rings. The molecule has 3 aromatic rings. The molecule has 4 rings (SSSR count). The third kappa shape index (κ3) is 3.86. The summed E-state index contributed by atoms with van der Waals surface area (Å²) in [5, 5.41) is 9.94. The van der Waals surface area contributed by atoms with Crippen molar-refractivity contribution < 1.29 is 9.53 Å². The zero-order chi connectivity index (χ0) is 21.3. The Kier molecular flexibility index (Phi) is 5.65. The standard InChI is InChI=1S/C23H22ClN3O3/c1-15(28)30-19-9-7-18(8-10-19)27-21-11-6-16(13-25)12-22(21)26(23(27)29)14-17-4-2-3-5-20(17)24/h2-6,11-12,18-19H,7-10,14H2,1H3. The van der Waals surface area contributed by atoms with Gasteiger partial charge in [-0.05, 0) is 55.5 Å². The molecular formula is C23H22ClN3O3. The number of ether oxygens (including phenoxy) is 1. The number of esters is 1. The van der Waals surface area contributed by atoms with Crippen LogP contribution in [0, 0.1) is 11.3 Å². The minimum Gasteiger partial charge on any atom is -0.463 e. The van der Waals surface area contributed by atoms with Gasteiger partial charge in [-0.1, -0.05) is 29.8 Å². The van der Waals surface area contributed by atoms with E-state index in [0.29, 0.717) is 17.1 Å². The molecule has 0 atom stereocenters. The molecule has 1 aliphatic rings. The highest BCUT2D eigenvalue weighted by Gasteiger charge is 2.28. The number of nitrogens with zero attached hydrogens (tertiary/aromatic N) is 3. The highest BCUT2D eigenvalue weighted by molar-refractivity contribution is 6.31. The van der Waals surface area contributed by atoms with Gasteiger partial charge in [-0.3, -0.25) is 13.9 Å². The normalized spacial score (nSPS) is 18.8. The van der Waals surface area contributed by atoms with Crippen molar-refractivity contribution in [2.24, 2.45) is 0 Å². The van der Waals surface area contributed by atoms with Gasteiger partial charge in [0.05, 0.1) is 29.2 Å². The largest absolute Gasteiger partial charge is 0.463 e. The van der Waals surface area contributed by atoms with Crippen LogP contribution in [-0.2, 0) is 16.1 Å². The Morgan fingerprint density at radius 3 is 2.57 bits per heavy atom. The summed E-state index contributed by atoms with van der Waals surface area (Å²) < 4.78 is 8.86. The van der Waals surface area contributed by atoms with Gasteiger partial charge < -0.3 is 4.74 Å². The molecule has 1 aromatic heterocycles. The molecule has 0 saturated heterocycles. The monoisotopic (exact) mass is 423 g/mol. The first-order chi connectivity index (χ1) is 14.5. The molecule has 7 heteroatoms. The Labute approximate surface area is 179 Å². The second-order valence-corrected chi connectivity index (χ2v) is 8.09. The van der Waals surface area contributed by atoms with Crippen molar-refractivity contribution in [1.82, 2.24) is 9.13 Å². The van der Waals surface area contributed by atoms with Gasteiger partial charge in [0.1, 0.15) is 6.10 Å². The number of rotatable bonds is 4. The molecule has 0 N–H and O–H groups in total. The third-order valence-corrected chi connectivity index (χ3v) is 6.09. The molecule has 0 amide bonds. The molecule has 0 unspecified atom stereocenters. The lowest BCUT2D eigenvalue weighted by Crippen LogP contribution is -2.32. The molecule has 6 nitrogen and oxygen atoms in total. The second kappa shape index (κ2) is 8.37. The summed E-state index contributed by atoms with van der Waals surface area (Å²) in [6.45, 7) is 1.76. The summed E-state index contributed by atoms with van der Waals surface area (Å²) >= 11 is 6.33. The summed E-state index contributed by atoms with van der Waals surface area (Å²) in [5.74, 6) is -0.268. The van der Waals surface area contributed by atoms with Gasteiger partial charge >= 0.3 is 11.7 Å². The SMILES string of the molecule is CC(=O)OC1CCC(n2c(=O)n(Cc3ccccc3Cl)c3cc(C#N)ccc32)CC1. The van der Waals surface area contributed by atoms with E-state index >= 15 is 0 Å². The fourth-order valence-corrected chi connectivity index (χ4v) is 4.50. The summed E-state index contributed by atoms with van der Waals surface area (Å²) in [7, 11) is 0. The van der Waals surface area contributed by atoms with Crippen LogP contribution in [0.25, 0.3) is 11.0 Å². The number of benzene rings is 2. The first-order valence-electron chi connectivity index (χ1n) is 10.0. The van der Waals surface area contributed by atoms with Crippen molar-refractivity contribution in [2.75, 3.05) is 0 Å². The lowest BCUT2D eigenvalue weighted by atomic mass is 9.92. The van der Waals surface area contributed by atoms with E-state index in [1.54, 1.807) is 22.8 Å². The molecule has 0 radical (unpaired) electrons. The molecule has 0 aliphatic heterocycles. The minimum atomic E-state index is -0.268. The van der Waals surface area contributed by atoms with E-state index in [9.17, 15) is 14.9 Å². The Morgan fingerprint density at radius 1 is 1.17 bits per heavy atom. The molecule has 1 aliphatic carbocycles. The molecule has 0 bridgehead atoms. The van der Waals surface area contributed by atoms with Gasteiger partial charge in [-0.25, -0.2) is 4.79 Å². The van der Waals surface area contributed by atoms with Crippen molar-refractivity contribution in [2.45, 2.75) is 51.3 Å². The summed E-state index contributed by atoms with van der Waals surface area (Å²) in [5.41, 5.74) is 2.77. The Bertz CT molecular complexity index is 1200. The smallest absolute Gasteiger partial charge is 0.329 e. The number of nitriles is 1. The predicted molar refractivity (Wildman–Crippen MR) is 115 cm³/mol. The van der Waals surface area contributed by atoms with Gasteiger partial charge in [-0.2, -0.15) is 5.26 Å². The number of aromatic nitrogens is 2. The molecule has 0 spiro atoms. The fourth-order valence-electron chi connectivity index (χ4n) is 4.31. The van der Waals surface area contributed by atoms with Crippen molar-refractivity contribution in [3.8, 4) is 6.07 Å². The van der Waals surface area contributed by atoms with Crippen molar-refractivity contribution >= 4 is 28.6 Å². The van der Waals surface area contributed by atoms with Gasteiger partial charge in [0, 0.05) is 18.0 Å². The number of carbonyl (C=O) groups is 1. The van der Waals surface area contributed by atoms with Crippen LogP contribution in [0.15, 0.2) is 47.3 Å². The molecule has 1 saturated carbocycles. The van der Waals surface area contributed by atoms with Crippen LogP contribution < -0.4 is 5.69 Å². The molecular weight excluding hydrogens is 402 g/mol. The highest BCUT2D eigenvalue weighted by atomic mass is 35.5. The fraction of sp³-hybridized carbons (Fsp3) is 0.348. The van der Waals surface area contributed by atoms with Crippen LogP contribution in [0.2, 0.25) is 5.02 Å². The maximum atomic E-state index is 13.5. The lowest BCUT2D eigenvalue weighted by molar-refractivity contribution is -0.148. The van der Waals surface area contributed by atoms with Gasteiger partial charge in [0.15, 0.2) is 0 Å². The van der Waals surface area contributed by atoms with Crippen LogP contribution in [0.3, 0.4) is 0 Å². The van der Waals surface area contributed by atoms with Gasteiger partial charge in [0.25, 0.3) is 0 Å². The Balaban J connectivity index is 1.75.